The van der Waals surface area contributed by atoms with Crippen LogP contribution >= 0.6 is 11.6 Å². The van der Waals surface area contributed by atoms with E-state index in [1.165, 1.54) is 24.3 Å². The van der Waals surface area contributed by atoms with Crippen molar-refractivity contribution in [3.8, 4) is 0 Å². The van der Waals surface area contributed by atoms with Crippen molar-refractivity contribution in [1.29, 1.82) is 0 Å². The van der Waals surface area contributed by atoms with Gasteiger partial charge in [-0.3, -0.25) is 29.0 Å². The average Bonchev–Trinajstić information content (AvgIpc) is 2.85. The van der Waals surface area contributed by atoms with Crippen molar-refractivity contribution in [2.24, 2.45) is 0 Å². The first-order valence-corrected chi connectivity index (χ1v) is 7.99. The lowest BCUT2D eigenvalue weighted by atomic mass is 10.1. The maximum Gasteiger partial charge on any atom is 0.323 e. The smallest absolute Gasteiger partial charge is 0.323 e. The molecule has 0 bridgehead atoms. The van der Waals surface area contributed by atoms with E-state index in [0.29, 0.717) is 5.02 Å². The largest absolute Gasteiger partial charge is 0.480 e. The lowest BCUT2D eigenvalue weighted by Gasteiger charge is -2.23. The number of imide groups is 1. The van der Waals surface area contributed by atoms with Crippen LogP contribution in [0.1, 0.15) is 20.7 Å². The summed E-state index contributed by atoms with van der Waals surface area (Å²) in [4.78, 5) is 50.3. The Morgan fingerprint density at radius 1 is 1.00 bits per heavy atom. The van der Waals surface area contributed by atoms with E-state index in [9.17, 15) is 19.2 Å². The molecule has 8 heteroatoms. The van der Waals surface area contributed by atoms with Crippen LogP contribution in [0.5, 0.6) is 0 Å². The average molecular weight is 373 g/mol. The van der Waals surface area contributed by atoms with Crippen molar-refractivity contribution < 1.29 is 24.3 Å². The molecule has 1 aliphatic rings. The molecular formula is C18H13ClN2O5. The zero-order valence-electron chi connectivity index (χ0n) is 13.4. The fraction of sp³-hybridized carbons (Fsp3) is 0.111. The number of carboxylic acid groups (broad SMARTS) is 1. The van der Waals surface area contributed by atoms with Gasteiger partial charge < -0.3 is 5.11 Å². The third-order valence-corrected chi connectivity index (χ3v) is 4.12. The van der Waals surface area contributed by atoms with Gasteiger partial charge in [-0.1, -0.05) is 29.8 Å². The molecule has 0 spiro atoms. The Balaban J connectivity index is 1.86. The maximum atomic E-state index is 12.7. The number of hydrogen-bond acceptors (Lipinski definition) is 4. The number of halogens is 1. The quantitative estimate of drug-likeness (QED) is 0.810. The normalized spacial score (nSPS) is 12.9. The second-order valence-corrected chi connectivity index (χ2v) is 6.03. The second-order valence-electron chi connectivity index (χ2n) is 5.60. The number of rotatable bonds is 5. The molecule has 2 aromatic rings. The van der Waals surface area contributed by atoms with Crippen LogP contribution in [0.2, 0.25) is 5.02 Å². The molecule has 0 atom stereocenters. The second kappa shape index (κ2) is 6.97. The first-order chi connectivity index (χ1) is 12.4. The zero-order chi connectivity index (χ0) is 18.8. The molecular weight excluding hydrogens is 360 g/mol. The highest BCUT2D eigenvalue weighted by Crippen LogP contribution is 2.24. The molecule has 26 heavy (non-hydrogen) atoms. The van der Waals surface area contributed by atoms with Crippen LogP contribution in [0, 0.1) is 0 Å². The summed E-state index contributed by atoms with van der Waals surface area (Å²) in [5.41, 5.74) is 0.706. The van der Waals surface area contributed by atoms with Gasteiger partial charge >= 0.3 is 5.97 Å². The predicted octanol–water partition coefficient (Wildman–Crippen LogP) is 2.05. The Hall–Kier alpha value is -3.19. The van der Waals surface area contributed by atoms with Crippen molar-refractivity contribution in [2.75, 3.05) is 18.0 Å². The number of amides is 3. The van der Waals surface area contributed by atoms with Crippen molar-refractivity contribution in [2.45, 2.75) is 0 Å². The molecule has 132 valence electrons. The van der Waals surface area contributed by atoms with Gasteiger partial charge in [-0.05, 0) is 30.3 Å². The van der Waals surface area contributed by atoms with Crippen molar-refractivity contribution in [3.05, 3.63) is 64.7 Å². The first-order valence-electron chi connectivity index (χ1n) is 7.61. The molecule has 3 amide bonds. The first kappa shape index (κ1) is 17.6. The van der Waals surface area contributed by atoms with Crippen LogP contribution in [0.3, 0.4) is 0 Å². The van der Waals surface area contributed by atoms with E-state index in [4.69, 9.17) is 16.7 Å². The summed E-state index contributed by atoms with van der Waals surface area (Å²) in [5.74, 6) is -3.11. The van der Waals surface area contributed by atoms with E-state index in [1.54, 1.807) is 24.3 Å². The highest BCUT2D eigenvalue weighted by Gasteiger charge is 2.37. The van der Waals surface area contributed by atoms with Gasteiger partial charge in [0, 0.05) is 10.7 Å². The number of carbonyl (C=O) groups is 4. The van der Waals surface area contributed by atoms with Gasteiger partial charge in [-0.15, -0.1) is 0 Å². The number of anilines is 1. The molecule has 7 nitrogen and oxygen atoms in total. The van der Waals surface area contributed by atoms with E-state index in [-0.39, 0.29) is 16.8 Å². The SMILES string of the molecule is O=C(O)CN(C(=O)CN1C(=O)c2ccccc2C1=O)c1cccc(Cl)c1. The van der Waals surface area contributed by atoms with Crippen molar-refractivity contribution in [1.82, 2.24) is 4.90 Å². The van der Waals surface area contributed by atoms with Gasteiger partial charge in [0.15, 0.2) is 0 Å². The van der Waals surface area contributed by atoms with E-state index >= 15 is 0 Å². The topological polar surface area (TPSA) is 95.0 Å². The summed E-state index contributed by atoms with van der Waals surface area (Å²) in [6, 6.07) is 12.4. The highest BCUT2D eigenvalue weighted by molar-refractivity contribution is 6.31. The summed E-state index contributed by atoms with van der Waals surface area (Å²) in [5, 5.41) is 9.42. The predicted molar refractivity (Wildman–Crippen MR) is 93.2 cm³/mol. The summed E-state index contributed by atoms with van der Waals surface area (Å²) >= 11 is 5.90. The standard InChI is InChI=1S/C18H13ClN2O5/c19-11-4-3-5-12(8-11)20(10-16(23)24)15(22)9-21-17(25)13-6-1-2-7-14(13)18(21)26/h1-8H,9-10H2,(H,23,24). The lowest BCUT2D eigenvalue weighted by molar-refractivity contribution is -0.136. The fourth-order valence-electron chi connectivity index (χ4n) is 2.71. The summed E-state index contributed by atoms with van der Waals surface area (Å²) in [7, 11) is 0. The van der Waals surface area contributed by atoms with E-state index in [0.717, 1.165) is 9.80 Å². The Morgan fingerprint density at radius 2 is 1.62 bits per heavy atom. The molecule has 0 radical (unpaired) electrons. The lowest BCUT2D eigenvalue weighted by Crippen LogP contribution is -2.44. The Labute approximate surface area is 153 Å². The van der Waals surface area contributed by atoms with Crippen molar-refractivity contribution in [3.63, 3.8) is 0 Å². The number of fused-ring (bicyclic) bond motifs is 1. The Kier molecular flexibility index (Phi) is 4.73. The summed E-state index contributed by atoms with van der Waals surface area (Å²) < 4.78 is 0. The van der Waals surface area contributed by atoms with Crippen LogP contribution in [-0.4, -0.2) is 46.8 Å². The van der Waals surface area contributed by atoms with Gasteiger partial charge in [-0.25, -0.2) is 0 Å². The Morgan fingerprint density at radius 3 is 2.15 bits per heavy atom. The minimum atomic E-state index is -1.24. The number of aliphatic carboxylic acids is 1. The highest BCUT2D eigenvalue weighted by atomic mass is 35.5. The molecule has 1 aliphatic heterocycles. The molecule has 0 saturated heterocycles. The van der Waals surface area contributed by atoms with Crippen LogP contribution in [0.4, 0.5) is 5.69 Å². The molecule has 0 unspecified atom stereocenters. The summed E-state index contributed by atoms with van der Waals surface area (Å²) in [6.07, 6.45) is 0. The molecule has 0 saturated carbocycles. The third kappa shape index (κ3) is 3.29. The van der Waals surface area contributed by atoms with Gasteiger partial charge in [-0.2, -0.15) is 0 Å². The maximum absolute atomic E-state index is 12.7. The number of nitrogens with zero attached hydrogens (tertiary/aromatic N) is 2. The van der Waals surface area contributed by atoms with Crippen LogP contribution < -0.4 is 4.90 Å². The van der Waals surface area contributed by atoms with Crippen LogP contribution in [-0.2, 0) is 9.59 Å². The molecule has 1 heterocycles. The van der Waals surface area contributed by atoms with Gasteiger partial charge in [0.1, 0.15) is 13.1 Å². The minimum absolute atomic E-state index is 0.220. The minimum Gasteiger partial charge on any atom is -0.480 e. The van der Waals surface area contributed by atoms with Crippen molar-refractivity contribution >= 4 is 41.0 Å². The molecule has 0 aromatic heterocycles. The number of carbonyl (C=O) groups excluding carboxylic acids is 3. The number of hydrogen-bond donors (Lipinski definition) is 1. The molecule has 0 aliphatic carbocycles. The molecule has 2 aromatic carbocycles. The summed E-state index contributed by atoms with van der Waals surface area (Å²) in [6.45, 7) is -1.19. The van der Waals surface area contributed by atoms with Crippen LogP contribution in [0.25, 0.3) is 0 Å². The third-order valence-electron chi connectivity index (χ3n) is 3.89. The number of carboxylic acids is 1. The fourth-order valence-corrected chi connectivity index (χ4v) is 2.89. The van der Waals surface area contributed by atoms with E-state index < -0.39 is 36.8 Å². The van der Waals surface area contributed by atoms with Gasteiger partial charge in [0.25, 0.3) is 11.8 Å². The number of benzene rings is 2. The van der Waals surface area contributed by atoms with E-state index in [1.807, 2.05) is 0 Å². The van der Waals surface area contributed by atoms with Gasteiger partial charge in [0.05, 0.1) is 11.1 Å². The van der Waals surface area contributed by atoms with Gasteiger partial charge in [0.2, 0.25) is 5.91 Å². The zero-order valence-corrected chi connectivity index (χ0v) is 14.1. The monoisotopic (exact) mass is 372 g/mol. The van der Waals surface area contributed by atoms with Crippen LogP contribution in [0.15, 0.2) is 48.5 Å². The Bertz CT molecular complexity index is 892. The molecule has 1 N–H and O–H groups in total. The van der Waals surface area contributed by atoms with E-state index in [2.05, 4.69) is 0 Å². The molecule has 0 fully saturated rings. The molecule has 3 rings (SSSR count).